The van der Waals surface area contributed by atoms with E-state index in [0.717, 1.165) is 5.69 Å². The lowest BCUT2D eigenvalue weighted by atomic mass is 10.1. The predicted molar refractivity (Wildman–Crippen MR) is 116 cm³/mol. The van der Waals surface area contributed by atoms with Crippen molar-refractivity contribution >= 4 is 28.5 Å². The van der Waals surface area contributed by atoms with E-state index in [-0.39, 0.29) is 23.8 Å². The Morgan fingerprint density at radius 1 is 1.12 bits per heavy atom. The molecule has 0 spiro atoms. The van der Waals surface area contributed by atoms with Gasteiger partial charge in [0.05, 0.1) is 42.1 Å². The highest BCUT2D eigenvalue weighted by molar-refractivity contribution is 5.98. The molecule has 1 unspecified atom stereocenters. The fourth-order valence-corrected chi connectivity index (χ4v) is 3.82. The number of para-hydroxylation sites is 2. The molecule has 0 saturated carbocycles. The Hall–Kier alpha value is -4.34. The van der Waals surface area contributed by atoms with Crippen molar-refractivity contribution in [2.45, 2.75) is 13.0 Å². The van der Waals surface area contributed by atoms with Gasteiger partial charge in [-0.25, -0.2) is 9.67 Å². The molecule has 1 atom stereocenters. The maximum Gasteiger partial charge on any atom is 0.261 e. The number of nitrogens with one attached hydrogen (secondary N) is 2. The number of hydrogen-bond donors (Lipinski definition) is 2. The van der Waals surface area contributed by atoms with Crippen LogP contribution >= 0.6 is 0 Å². The van der Waals surface area contributed by atoms with Gasteiger partial charge in [0, 0.05) is 19.2 Å². The zero-order chi connectivity index (χ0) is 22.1. The minimum atomic E-state index is -0.477. The second-order valence-electron chi connectivity index (χ2n) is 7.53. The Balaban J connectivity index is 1.36. The summed E-state index contributed by atoms with van der Waals surface area (Å²) in [5, 5.41) is 7.54. The molecule has 1 saturated heterocycles. The Kier molecular flexibility index (Phi) is 4.94. The lowest BCUT2D eigenvalue weighted by molar-refractivity contribution is -0.128. The molecule has 160 valence electrons. The van der Waals surface area contributed by atoms with E-state index in [1.54, 1.807) is 35.4 Å². The van der Waals surface area contributed by atoms with E-state index >= 15 is 0 Å². The largest absolute Gasteiger partial charge is 0.336 e. The van der Waals surface area contributed by atoms with Crippen LogP contribution in [0.2, 0.25) is 0 Å². The second kappa shape index (κ2) is 8.06. The highest BCUT2D eigenvalue weighted by Crippen LogP contribution is 2.25. The van der Waals surface area contributed by atoms with Crippen molar-refractivity contribution in [3.63, 3.8) is 0 Å². The van der Waals surface area contributed by atoms with Gasteiger partial charge >= 0.3 is 0 Å². The minimum absolute atomic E-state index is 0.0782. The van der Waals surface area contributed by atoms with Crippen LogP contribution in [-0.4, -0.2) is 48.0 Å². The number of aromatic nitrogens is 5. The number of benzene rings is 1. The highest BCUT2D eigenvalue weighted by Gasteiger charge is 2.34. The summed E-state index contributed by atoms with van der Waals surface area (Å²) in [4.78, 5) is 50.1. The third-order valence-corrected chi connectivity index (χ3v) is 5.43. The lowest BCUT2D eigenvalue weighted by Crippen LogP contribution is -2.28. The molecule has 4 heterocycles. The van der Waals surface area contributed by atoms with Crippen molar-refractivity contribution in [2.75, 3.05) is 11.9 Å². The number of rotatable bonds is 5. The monoisotopic (exact) mass is 429 g/mol. The second-order valence-corrected chi connectivity index (χ2v) is 7.53. The number of nitrogens with zero attached hydrogens (tertiary/aromatic N) is 5. The van der Waals surface area contributed by atoms with Gasteiger partial charge in [0.2, 0.25) is 11.8 Å². The number of pyridine rings is 1. The van der Waals surface area contributed by atoms with Crippen LogP contribution in [-0.2, 0) is 16.1 Å². The average Bonchev–Trinajstić information content (AvgIpc) is 3.40. The number of likely N-dealkylation sites (tertiary alicyclic amines) is 1. The van der Waals surface area contributed by atoms with Gasteiger partial charge in [-0.1, -0.05) is 18.2 Å². The Morgan fingerprint density at radius 3 is 2.81 bits per heavy atom. The first-order valence-electron chi connectivity index (χ1n) is 10.1. The van der Waals surface area contributed by atoms with Gasteiger partial charge in [0.1, 0.15) is 5.39 Å². The molecule has 1 aliphatic heterocycles. The van der Waals surface area contributed by atoms with Gasteiger partial charge in [-0.3, -0.25) is 19.4 Å². The molecule has 10 heteroatoms. The number of H-pyrrole nitrogens is 1. The SMILES string of the molecule is O=C(Nc1ccccc1-n1ncc2c(=O)[nH]cnc21)C1CC(=O)N(Cc2ccccn2)C1. The summed E-state index contributed by atoms with van der Waals surface area (Å²) in [6.45, 7) is 0.699. The summed E-state index contributed by atoms with van der Waals surface area (Å²) in [7, 11) is 0. The van der Waals surface area contributed by atoms with Crippen LogP contribution in [0.4, 0.5) is 5.69 Å². The van der Waals surface area contributed by atoms with Crippen LogP contribution in [0.1, 0.15) is 12.1 Å². The van der Waals surface area contributed by atoms with E-state index in [2.05, 4.69) is 25.4 Å². The van der Waals surface area contributed by atoms with Crippen molar-refractivity contribution in [1.29, 1.82) is 0 Å². The van der Waals surface area contributed by atoms with Crippen molar-refractivity contribution < 1.29 is 9.59 Å². The zero-order valence-electron chi connectivity index (χ0n) is 16.9. The van der Waals surface area contributed by atoms with Crippen LogP contribution in [0.25, 0.3) is 16.7 Å². The Morgan fingerprint density at radius 2 is 1.97 bits per heavy atom. The molecular formula is C22H19N7O3. The average molecular weight is 429 g/mol. The number of aromatic amines is 1. The van der Waals surface area contributed by atoms with Crippen molar-refractivity contribution in [2.24, 2.45) is 5.92 Å². The van der Waals surface area contributed by atoms with E-state index in [1.807, 2.05) is 18.2 Å². The van der Waals surface area contributed by atoms with Crippen molar-refractivity contribution in [3.05, 3.63) is 77.2 Å². The predicted octanol–water partition coefficient (Wildman–Crippen LogP) is 1.49. The first kappa shape index (κ1) is 19.6. The fourth-order valence-electron chi connectivity index (χ4n) is 3.82. The molecule has 0 aliphatic carbocycles. The van der Waals surface area contributed by atoms with Gasteiger partial charge in [-0.05, 0) is 24.3 Å². The molecule has 10 nitrogen and oxygen atoms in total. The first-order chi connectivity index (χ1) is 15.6. The molecular weight excluding hydrogens is 410 g/mol. The third-order valence-electron chi connectivity index (χ3n) is 5.43. The van der Waals surface area contributed by atoms with E-state index < -0.39 is 5.92 Å². The summed E-state index contributed by atoms with van der Waals surface area (Å²) in [6, 6.07) is 12.7. The highest BCUT2D eigenvalue weighted by atomic mass is 16.2. The van der Waals surface area contributed by atoms with E-state index in [0.29, 0.717) is 35.5 Å². The Bertz CT molecular complexity index is 1360. The number of fused-ring (bicyclic) bond motifs is 1. The molecule has 1 aliphatic rings. The molecule has 4 aromatic rings. The normalized spacial score (nSPS) is 15.9. The van der Waals surface area contributed by atoms with Gasteiger partial charge in [0.15, 0.2) is 5.65 Å². The topological polar surface area (TPSA) is 126 Å². The Labute approximate surface area is 181 Å². The van der Waals surface area contributed by atoms with Crippen LogP contribution < -0.4 is 10.9 Å². The van der Waals surface area contributed by atoms with E-state index in [4.69, 9.17) is 0 Å². The molecule has 0 radical (unpaired) electrons. The van der Waals surface area contributed by atoms with Crippen molar-refractivity contribution in [3.8, 4) is 5.69 Å². The molecule has 5 rings (SSSR count). The minimum Gasteiger partial charge on any atom is -0.336 e. The molecule has 0 bridgehead atoms. The maximum absolute atomic E-state index is 13.0. The van der Waals surface area contributed by atoms with Gasteiger partial charge in [-0.2, -0.15) is 5.10 Å². The number of amides is 2. The molecule has 32 heavy (non-hydrogen) atoms. The van der Waals surface area contributed by atoms with Gasteiger partial charge in [0.25, 0.3) is 5.56 Å². The quantitative estimate of drug-likeness (QED) is 0.495. The summed E-state index contributed by atoms with van der Waals surface area (Å²) < 4.78 is 1.51. The van der Waals surface area contributed by atoms with Crippen LogP contribution in [0.15, 0.2) is 66.0 Å². The summed E-state index contributed by atoms with van der Waals surface area (Å²) >= 11 is 0. The summed E-state index contributed by atoms with van der Waals surface area (Å²) in [5.41, 5.74) is 1.96. The van der Waals surface area contributed by atoms with Gasteiger partial charge < -0.3 is 15.2 Å². The summed E-state index contributed by atoms with van der Waals surface area (Å²) in [6.07, 6.45) is 4.57. The smallest absolute Gasteiger partial charge is 0.261 e. The molecule has 3 aromatic heterocycles. The molecule has 2 amide bonds. The standard InChI is InChI=1S/C22H19N7O3/c30-19-9-14(11-28(19)12-15-5-3-4-8-23-15)21(31)27-17-6-1-2-7-18(17)29-20-16(10-26-29)22(32)25-13-24-20/h1-8,10,13-14H,9,11-12H2,(H,27,31)(H,24,25,32). The molecule has 1 fully saturated rings. The van der Waals surface area contributed by atoms with Crippen LogP contribution in [0.3, 0.4) is 0 Å². The number of hydrogen-bond acceptors (Lipinski definition) is 6. The van der Waals surface area contributed by atoms with Crippen molar-refractivity contribution in [1.82, 2.24) is 29.6 Å². The summed E-state index contributed by atoms with van der Waals surface area (Å²) in [5.74, 6) is -0.809. The zero-order valence-corrected chi connectivity index (χ0v) is 16.9. The van der Waals surface area contributed by atoms with Crippen LogP contribution in [0, 0.1) is 5.92 Å². The number of anilines is 1. The number of carbonyl (C=O) groups excluding carboxylic acids is 2. The number of carbonyl (C=O) groups is 2. The lowest BCUT2D eigenvalue weighted by Gasteiger charge is -2.17. The van der Waals surface area contributed by atoms with E-state index in [9.17, 15) is 14.4 Å². The first-order valence-corrected chi connectivity index (χ1v) is 10.1. The fraction of sp³-hybridized carbons (Fsp3) is 0.182. The maximum atomic E-state index is 13.0. The van der Waals surface area contributed by atoms with Crippen LogP contribution in [0.5, 0.6) is 0 Å². The molecule has 1 aromatic carbocycles. The molecule has 2 N–H and O–H groups in total. The third kappa shape index (κ3) is 3.62. The van der Waals surface area contributed by atoms with E-state index in [1.165, 1.54) is 17.2 Å². The van der Waals surface area contributed by atoms with Gasteiger partial charge in [-0.15, -0.1) is 0 Å².